The van der Waals surface area contributed by atoms with Crippen LogP contribution in [0.15, 0.2) is 39.6 Å². The molecule has 11 heteroatoms. The maximum absolute atomic E-state index is 12.9. The number of amides is 1. The smallest absolute Gasteiger partial charge is 0.293 e. The van der Waals surface area contributed by atoms with E-state index < -0.39 is 20.6 Å². The number of furan rings is 1. The minimum atomic E-state index is -4.06. The van der Waals surface area contributed by atoms with Crippen molar-refractivity contribution in [3.8, 4) is 5.75 Å². The van der Waals surface area contributed by atoms with Crippen LogP contribution in [-0.4, -0.2) is 49.8 Å². The van der Waals surface area contributed by atoms with E-state index in [1.165, 1.54) is 23.5 Å². The van der Waals surface area contributed by atoms with Gasteiger partial charge < -0.3 is 14.5 Å². The van der Waals surface area contributed by atoms with Gasteiger partial charge in [0.1, 0.15) is 11.5 Å². The fourth-order valence-corrected chi connectivity index (χ4v) is 4.79. The summed E-state index contributed by atoms with van der Waals surface area (Å²) in [4.78, 5) is 22.4. The third-order valence-corrected chi connectivity index (χ3v) is 6.68. The van der Waals surface area contributed by atoms with Crippen LogP contribution in [0, 0.1) is 17.0 Å². The van der Waals surface area contributed by atoms with Gasteiger partial charge in [0.25, 0.3) is 11.6 Å². The molecule has 0 spiro atoms. The van der Waals surface area contributed by atoms with Gasteiger partial charge in [0.05, 0.1) is 18.1 Å². The van der Waals surface area contributed by atoms with Gasteiger partial charge in [-0.25, -0.2) is 8.42 Å². The Labute approximate surface area is 167 Å². The van der Waals surface area contributed by atoms with E-state index >= 15 is 0 Å². The van der Waals surface area contributed by atoms with Crippen molar-refractivity contribution in [2.24, 2.45) is 0 Å². The number of sulfonamides is 1. The normalized spacial score (nSPS) is 15.8. The third-order valence-electron chi connectivity index (χ3n) is 4.73. The van der Waals surface area contributed by atoms with Crippen LogP contribution in [0.3, 0.4) is 0 Å². The predicted octanol–water partition coefficient (Wildman–Crippen LogP) is 2.09. The van der Waals surface area contributed by atoms with Gasteiger partial charge in [-0.05, 0) is 44.0 Å². The second kappa shape index (κ2) is 8.21. The van der Waals surface area contributed by atoms with Gasteiger partial charge in [0.2, 0.25) is 10.0 Å². The van der Waals surface area contributed by atoms with Gasteiger partial charge in [0, 0.05) is 19.1 Å². The molecule has 0 radical (unpaired) electrons. The lowest BCUT2D eigenvalue weighted by Gasteiger charge is -2.31. The van der Waals surface area contributed by atoms with Crippen LogP contribution in [0.1, 0.15) is 29.2 Å². The summed E-state index contributed by atoms with van der Waals surface area (Å²) in [5, 5.41) is 14.2. The number of methoxy groups -OCH3 is 1. The van der Waals surface area contributed by atoms with Gasteiger partial charge in [-0.2, -0.15) is 4.31 Å². The average molecular weight is 423 g/mol. The molecule has 2 aromatic rings. The molecule has 0 atom stereocenters. The zero-order chi connectivity index (χ0) is 21.2. The summed E-state index contributed by atoms with van der Waals surface area (Å²) in [7, 11) is -2.71. The molecule has 1 N–H and O–H groups in total. The molecular weight excluding hydrogens is 402 g/mol. The maximum Gasteiger partial charge on any atom is 0.293 e. The molecule has 1 aliphatic heterocycles. The van der Waals surface area contributed by atoms with Crippen LogP contribution >= 0.6 is 0 Å². The second-order valence-corrected chi connectivity index (χ2v) is 8.56. The first-order chi connectivity index (χ1) is 13.7. The van der Waals surface area contributed by atoms with E-state index in [0.29, 0.717) is 18.6 Å². The molecule has 0 aliphatic carbocycles. The molecule has 156 valence electrons. The lowest BCUT2D eigenvalue weighted by Crippen LogP contribution is -2.46. The van der Waals surface area contributed by atoms with Crippen molar-refractivity contribution in [2.75, 3.05) is 20.2 Å². The minimum absolute atomic E-state index is 0.133. The number of carbonyl (C=O) groups is 1. The highest BCUT2D eigenvalue weighted by molar-refractivity contribution is 7.89. The zero-order valence-corrected chi connectivity index (χ0v) is 16.8. The Kier molecular flexibility index (Phi) is 5.89. The average Bonchev–Trinajstić information content (AvgIpc) is 3.14. The maximum atomic E-state index is 12.9. The number of benzene rings is 1. The van der Waals surface area contributed by atoms with Gasteiger partial charge in [-0.3, -0.25) is 14.9 Å². The van der Waals surface area contributed by atoms with Crippen molar-refractivity contribution in [2.45, 2.75) is 30.7 Å². The van der Waals surface area contributed by atoms with Crippen LogP contribution < -0.4 is 10.1 Å². The summed E-state index contributed by atoms with van der Waals surface area (Å²) in [5.41, 5.74) is -0.534. The Balaban J connectivity index is 1.70. The summed E-state index contributed by atoms with van der Waals surface area (Å²) >= 11 is 0. The first kappa shape index (κ1) is 20.8. The van der Waals surface area contributed by atoms with Crippen molar-refractivity contribution >= 4 is 21.6 Å². The van der Waals surface area contributed by atoms with Crippen molar-refractivity contribution < 1.29 is 27.3 Å². The fraction of sp³-hybridized carbons (Fsp3) is 0.389. The first-order valence-electron chi connectivity index (χ1n) is 8.92. The zero-order valence-electron chi connectivity index (χ0n) is 16.0. The summed E-state index contributed by atoms with van der Waals surface area (Å²) in [6, 6.07) is 6.69. The van der Waals surface area contributed by atoms with Crippen LogP contribution in [0.5, 0.6) is 5.75 Å². The molecule has 1 saturated heterocycles. The molecule has 0 saturated carbocycles. The molecule has 2 heterocycles. The number of nitro groups is 1. The van der Waals surface area contributed by atoms with Crippen LogP contribution in [0.4, 0.5) is 5.69 Å². The number of hydrogen-bond acceptors (Lipinski definition) is 7. The van der Waals surface area contributed by atoms with Gasteiger partial charge in [0.15, 0.2) is 10.7 Å². The molecule has 1 amide bonds. The minimum Gasteiger partial charge on any atom is -0.497 e. The van der Waals surface area contributed by atoms with Crippen molar-refractivity contribution in [1.82, 2.24) is 9.62 Å². The highest BCUT2D eigenvalue weighted by Crippen LogP contribution is 2.31. The van der Waals surface area contributed by atoms with Crippen molar-refractivity contribution in [1.29, 1.82) is 0 Å². The number of carbonyl (C=O) groups excluding carboxylic acids is 1. The Hall–Kier alpha value is -2.92. The Bertz CT molecular complexity index is 1020. The number of nitrogens with zero attached hydrogens (tertiary/aromatic N) is 2. The summed E-state index contributed by atoms with van der Waals surface area (Å²) in [5.74, 6) is 0.666. The number of hydrogen-bond donors (Lipinski definition) is 1. The lowest BCUT2D eigenvalue weighted by molar-refractivity contribution is -0.387. The lowest BCUT2D eigenvalue weighted by atomic mass is 10.1. The number of nitro benzene ring substituents is 1. The molecule has 1 aromatic carbocycles. The largest absolute Gasteiger partial charge is 0.497 e. The standard InChI is InChI=1S/C18H21N3O7S/c1-12-3-5-16(28-12)18(22)19-13-7-9-20(10-8-13)29(25,26)17-6-4-14(27-2)11-15(17)21(23)24/h3-6,11,13H,7-10H2,1-2H3,(H,19,22). The first-order valence-corrected chi connectivity index (χ1v) is 10.4. The van der Waals surface area contributed by atoms with E-state index in [2.05, 4.69) is 5.32 Å². The van der Waals surface area contributed by atoms with Crippen molar-refractivity contribution in [3.05, 3.63) is 52.0 Å². The SMILES string of the molecule is COc1ccc(S(=O)(=O)N2CCC(NC(=O)c3ccc(C)o3)CC2)c([N+](=O)[O-])c1. The van der Waals surface area contributed by atoms with E-state index in [0.717, 1.165) is 6.07 Å². The predicted molar refractivity (Wildman–Crippen MR) is 102 cm³/mol. The molecule has 0 unspecified atom stereocenters. The Morgan fingerprint density at radius 3 is 2.52 bits per heavy atom. The van der Waals surface area contributed by atoms with Crippen LogP contribution in [0.25, 0.3) is 0 Å². The van der Waals surface area contributed by atoms with Crippen LogP contribution in [0.2, 0.25) is 0 Å². The monoisotopic (exact) mass is 423 g/mol. The van der Waals surface area contributed by atoms with Crippen LogP contribution in [-0.2, 0) is 10.0 Å². The molecule has 1 aliphatic rings. The third kappa shape index (κ3) is 4.40. The van der Waals surface area contributed by atoms with Crippen molar-refractivity contribution in [3.63, 3.8) is 0 Å². The highest BCUT2D eigenvalue weighted by atomic mass is 32.2. The summed E-state index contributed by atoms with van der Waals surface area (Å²) in [6.07, 6.45) is 0.767. The number of piperidine rings is 1. The number of ether oxygens (including phenoxy) is 1. The molecule has 10 nitrogen and oxygen atoms in total. The van der Waals surface area contributed by atoms with E-state index in [9.17, 15) is 23.3 Å². The molecular formula is C18H21N3O7S. The molecule has 0 bridgehead atoms. The van der Waals surface area contributed by atoms with E-state index in [1.54, 1.807) is 19.1 Å². The topological polar surface area (TPSA) is 132 Å². The van der Waals surface area contributed by atoms with E-state index in [4.69, 9.17) is 9.15 Å². The Morgan fingerprint density at radius 1 is 1.28 bits per heavy atom. The number of nitrogens with one attached hydrogen (secondary N) is 1. The van der Waals surface area contributed by atoms with Gasteiger partial charge >= 0.3 is 0 Å². The molecule has 29 heavy (non-hydrogen) atoms. The van der Waals surface area contributed by atoms with E-state index in [1.807, 2.05) is 0 Å². The second-order valence-electron chi connectivity index (χ2n) is 6.65. The van der Waals surface area contributed by atoms with Gasteiger partial charge in [-0.15, -0.1) is 0 Å². The van der Waals surface area contributed by atoms with Gasteiger partial charge in [-0.1, -0.05) is 0 Å². The summed E-state index contributed by atoms with van der Waals surface area (Å²) in [6.45, 7) is 2.00. The quantitative estimate of drug-likeness (QED) is 0.556. The Morgan fingerprint density at radius 2 is 1.97 bits per heavy atom. The summed E-state index contributed by atoms with van der Waals surface area (Å²) < 4.78 is 37.3. The van der Waals surface area contributed by atoms with E-state index in [-0.39, 0.29) is 41.4 Å². The highest BCUT2D eigenvalue weighted by Gasteiger charge is 2.35. The molecule has 1 fully saturated rings. The molecule has 3 rings (SSSR count). The molecule has 1 aromatic heterocycles. The fourth-order valence-electron chi connectivity index (χ4n) is 3.18. The number of aryl methyl sites for hydroxylation is 1. The number of rotatable bonds is 6.